The van der Waals surface area contributed by atoms with Gasteiger partial charge in [0.05, 0.1) is 20.3 Å². The second kappa shape index (κ2) is 7.54. The molecule has 0 amide bonds. The van der Waals surface area contributed by atoms with Gasteiger partial charge < -0.3 is 14.8 Å². The zero-order chi connectivity index (χ0) is 11.2. The second-order valence-electron chi connectivity index (χ2n) is 4.23. The fraction of sp³-hybridized carbons (Fsp3) is 0.538. The first-order chi connectivity index (χ1) is 7.88. The molecule has 17 heavy (non-hydrogen) atoms. The number of hydrogen-bond donors (Lipinski definition) is 1. The van der Waals surface area contributed by atoms with Crippen LogP contribution in [0.25, 0.3) is 0 Å². The van der Waals surface area contributed by atoms with E-state index in [4.69, 9.17) is 9.47 Å². The van der Waals surface area contributed by atoms with Crippen LogP contribution in [0.3, 0.4) is 0 Å². The zero-order valence-corrected chi connectivity index (χ0v) is 11.0. The van der Waals surface area contributed by atoms with Gasteiger partial charge in [0.1, 0.15) is 5.75 Å². The lowest BCUT2D eigenvalue weighted by atomic mass is 10.1. The number of halogens is 1. The third-order valence-electron chi connectivity index (χ3n) is 2.92. The average Bonchev–Trinajstić information content (AvgIpc) is 2.82. The summed E-state index contributed by atoms with van der Waals surface area (Å²) >= 11 is 0. The summed E-state index contributed by atoms with van der Waals surface area (Å²) in [5.74, 6) is 1.58. The number of methoxy groups -OCH3 is 1. The molecule has 3 nitrogen and oxygen atoms in total. The highest BCUT2D eigenvalue weighted by molar-refractivity contribution is 5.85. The Labute approximate surface area is 109 Å². The van der Waals surface area contributed by atoms with Crippen LogP contribution in [0.1, 0.15) is 12.0 Å². The first-order valence-corrected chi connectivity index (χ1v) is 5.80. The Balaban J connectivity index is 0.00000144. The Kier molecular flexibility index (Phi) is 6.34. The Hall–Kier alpha value is -0.770. The first kappa shape index (κ1) is 14.3. The molecule has 1 heterocycles. The van der Waals surface area contributed by atoms with Crippen LogP contribution in [0.5, 0.6) is 5.75 Å². The van der Waals surface area contributed by atoms with E-state index in [-0.39, 0.29) is 12.4 Å². The molecule has 1 N–H and O–H groups in total. The molecule has 1 unspecified atom stereocenters. The summed E-state index contributed by atoms with van der Waals surface area (Å²) in [5, 5.41) is 3.34. The highest BCUT2D eigenvalue weighted by atomic mass is 35.5. The molecule has 0 radical (unpaired) electrons. The van der Waals surface area contributed by atoms with Crippen LogP contribution < -0.4 is 10.1 Å². The largest absolute Gasteiger partial charge is 0.497 e. The number of ether oxygens (including phenoxy) is 2. The lowest BCUT2D eigenvalue weighted by Crippen LogP contribution is -2.13. The zero-order valence-electron chi connectivity index (χ0n) is 10.1. The summed E-state index contributed by atoms with van der Waals surface area (Å²) in [6.07, 6.45) is 1.23. The molecule has 1 aromatic rings. The van der Waals surface area contributed by atoms with Crippen molar-refractivity contribution >= 4 is 12.4 Å². The predicted molar refractivity (Wildman–Crippen MR) is 70.9 cm³/mol. The standard InChI is InChI=1S/C13H19NO2.ClH/c1-15-13-4-2-3-11(7-13)9-16-10-12-5-6-14-8-12;/h2-4,7,12,14H,5-6,8-10H2,1H3;1H. The molecule has 1 aliphatic heterocycles. The van der Waals surface area contributed by atoms with Gasteiger partial charge in [-0.05, 0) is 36.6 Å². The first-order valence-electron chi connectivity index (χ1n) is 5.80. The van der Waals surface area contributed by atoms with Gasteiger partial charge >= 0.3 is 0 Å². The molecule has 0 bridgehead atoms. The van der Waals surface area contributed by atoms with E-state index < -0.39 is 0 Å². The smallest absolute Gasteiger partial charge is 0.119 e. The van der Waals surface area contributed by atoms with Crippen LogP contribution in [0.4, 0.5) is 0 Å². The van der Waals surface area contributed by atoms with Crippen molar-refractivity contribution in [2.75, 3.05) is 26.8 Å². The van der Waals surface area contributed by atoms with Gasteiger partial charge in [0.15, 0.2) is 0 Å². The van der Waals surface area contributed by atoms with Crippen molar-refractivity contribution in [2.24, 2.45) is 5.92 Å². The quantitative estimate of drug-likeness (QED) is 0.878. The molecule has 0 aromatic heterocycles. The van der Waals surface area contributed by atoms with Crippen LogP contribution in [0.15, 0.2) is 24.3 Å². The maximum Gasteiger partial charge on any atom is 0.119 e. The van der Waals surface area contributed by atoms with Crippen LogP contribution in [-0.2, 0) is 11.3 Å². The Morgan fingerprint density at radius 3 is 3.00 bits per heavy atom. The molecular formula is C13H20ClNO2. The summed E-state index contributed by atoms with van der Waals surface area (Å²) in [7, 11) is 1.68. The predicted octanol–water partition coefficient (Wildman–Crippen LogP) is 2.24. The van der Waals surface area contributed by atoms with E-state index in [1.54, 1.807) is 7.11 Å². The van der Waals surface area contributed by atoms with Crippen molar-refractivity contribution in [1.29, 1.82) is 0 Å². The summed E-state index contributed by atoms with van der Waals surface area (Å²) in [5.41, 5.74) is 1.17. The van der Waals surface area contributed by atoms with Crippen molar-refractivity contribution in [1.82, 2.24) is 5.32 Å². The molecule has 2 rings (SSSR count). The molecule has 1 atom stereocenters. The third kappa shape index (κ3) is 4.54. The minimum absolute atomic E-state index is 0. The van der Waals surface area contributed by atoms with Gasteiger partial charge in [-0.25, -0.2) is 0 Å². The van der Waals surface area contributed by atoms with Crippen LogP contribution in [0.2, 0.25) is 0 Å². The van der Waals surface area contributed by atoms with Crippen LogP contribution in [0, 0.1) is 5.92 Å². The van der Waals surface area contributed by atoms with Crippen molar-refractivity contribution in [3.63, 3.8) is 0 Å². The Bertz CT molecular complexity index is 327. The lowest BCUT2D eigenvalue weighted by molar-refractivity contribution is 0.0923. The number of benzene rings is 1. The Morgan fingerprint density at radius 1 is 1.41 bits per heavy atom. The van der Waals surface area contributed by atoms with Crippen molar-refractivity contribution in [2.45, 2.75) is 13.0 Å². The number of hydrogen-bond acceptors (Lipinski definition) is 3. The lowest BCUT2D eigenvalue weighted by Gasteiger charge is -2.09. The molecule has 4 heteroatoms. The Morgan fingerprint density at radius 2 is 2.29 bits per heavy atom. The average molecular weight is 258 g/mol. The van der Waals surface area contributed by atoms with Gasteiger partial charge in [0.2, 0.25) is 0 Å². The molecular weight excluding hydrogens is 238 g/mol. The monoisotopic (exact) mass is 257 g/mol. The third-order valence-corrected chi connectivity index (χ3v) is 2.92. The van der Waals surface area contributed by atoms with Crippen molar-refractivity contribution < 1.29 is 9.47 Å². The highest BCUT2D eigenvalue weighted by Gasteiger charge is 2.13. The van der Waals surface area contributed by atoms with Crippen LogP contribution in [-0.4, -0.2) is 26.8 Å². The summed E-state index contributed by atoms with van der Waals surface area (Å²) in [6, 6.07) is 8.03. The highest BCUT2D eigenvalue weighted by Crippen LogP contribution is 2.14. The number of rotatable bonds is 5. The molecule has 1 saturated heterocycles. The normalized spacial score (nSPS) is 18.8. The minimum Gasteiger partial charge on any atom is -0.497 e. The van der Waals surface area contributed by atoms with Gasteiger partial charge in [-0.1, -0.05) is 12.1 Å². The fourth-order valence-electron chi connectivity index (χ4n) is 1.96. The summed E-state index contributed by atoms with van der Waals surface area (Å²) in [6.45, 7) is 3.75. The van der Waals surface area contributed by atoms with Gasteiger partial charge in [-0.2, -0.15) is 0 Å². The molecule has 1 aromatic carbocycles. The maximum absolute atomic E-state index is 5.71. The van der Waals surface area contributed by atoms with E-state index in [0.717, 1.165) is 25.4 Å². The summed E-state index contributed by atoms with van der Waals surface area (Å²) in [4.78, 5) is 0. The molecule has 0 saturated carbocycles. The second-order valence-corrected chi connectivity index (χ2v) is 4.23. The van der Waals surface area contributed by atoms with Gasteiger partial charge in [-0.3, -0.25) is 0 Å². The maximum atomic E-state index is 5.71. The minimum atomic E-state index is 0. The van der Waals surface area contributed by atoms with Crippen molar-refractivity contribution in [3.05, 3.63) is 29.8 Å². The molecule has 1 aliphatic rings. The van der Waals surface area contributed by atoms with Gasteiger partial charge in [0, 0.05) is 6.54 Å². The molecule has 0 spiro atoms. The van der Waals surface area contributed by atoms with Crippen molar-refractivity contribution in [3.8, 4) is 5.75 Å². The van der Waals surface area contributed by atoms with E-state index in [1.165, 1.54) is 12.0 Å². The molecule has 0 aliphatic carbocycles. The van der Waals surface area contributed by atoms with E-state index in [0.29, 0.717) is 12.5 Å². The van der Waals surface area contributed by atoms with E-state index in [1.807, 2.05) is 18.2 Å². The van der Waals surface area contributed by atoms with Gasteiger partial charge in [-0.15, -0.1) is 12.4 Å². The van der Waals surface area contributed by atoms with Crippen LogP contribution >= 0.6 is 12.4 Å². The number of nitrogens with one attached hydrogen (secondary N) is 1. The van der Waals surface area contributed by atoms with E-state index in [2.05, 4.69) is 11.4 Å². The fourth-order valence-corrected chi connectivity index (χ4v) is 1.96. The molecule has 1 fully saturated rings. The molecule has 96 valence electrons. The SMILES string of the molecule is COc1cccc(COCC2CCNC2)c1.Cl. The topological polar surface area (TPSA) is 30.5 Å². The van der Waals surface area contributed by atoms with Gasteiger partial charge in [0.25, 0.3) is 0 Å². The summed E-state index contributed by atoms with van der Waals surface area (Å²) < 4.78 is 10.9. The van der Waals surface area contributed by atoms with E-state index in [9.17, 15) is 0 Å². The van der Waals surface area contributed by atoms with E-state index >= 15 is 0 Å².